The quantitative estimate of drug-likeness (QED) is 0.928. The number of anilines is 2. The van der Waals surface area contributed by atoms with Gasteiger partial charge >= 0.3 is 0 Å². The second-order valence-electron chi connectivity index (χ2n) is 6.43. The molecule has 1 fully saturated rings. The van der Waals surface area contributed by atoms with Gasteiger partial charge in [-0.3, -0.25) is 4.79 Å². The van der Waals surface area contributed by atoms with Crippen molar-refractivity contribution in [3.63, 3.8) is 0 Å². The van der Waals surface area contributed by atoms with Crippen LogP contribution < -0.4 is 10.2 Å². The lowest BCUT2D eigenvalue weighted by Crippen LogP contribution is -2.49. The van der Waals surface area contributed by atoms with Crippen LogP contribution in [0.2, 0.25) is 0 Å². The van der Waals surface area contributed by atoms with Crippen LogP contribution in [-0.4, -0.2) is 48.0 Å². The highest BCUT2D eigenvalue weighted by atomic mass is 19.1. The summed E-state index contributed by atoms with van der Waals surface area (Å²) in [6.07, 6.45) is 1.68. The number of carbonyl (C=O) groups is 1. The molecule has 1 amide bonds. The fraction of sp³-hybridized carbons (Fsp3) is 0.368. The van der Waals surface area contributed by atoms with E-state index in [1.54, 1.807) is 35.4 Å². The van der Waals surface area contributed by atoms with Gasteiger partial charge in [0, 0.05) is 38.4 Å². The first-order chi connectivity index (χ1) is 12.1. The molecule has 2 aromatic rings. The van der Waals surface area contributed by atoms with Gasteiger partial charge in [0.1, 0.15) is 11.6 Å². The van der Waals surface area contributed by atoms with Crippen LogP contribution in [0.5, 0.6) is 0 Å². The molecule has 6 heteroatoms. The van der Waals surface area contributed by atoms with E-state index in [-0.39, 0.29) is 17.8 Å². The predicted molar refractivity (Wildman–Crippen MR) is 97.5 cm³/mol. The van der Waals surface area contributed by atoms with E-state index < -0.39 is 0 Å². The van der Waals surface area contributed by atoms with Gasteiger partial charge in [-0.1, -0.05) is 12.1 Å². The Balaban J connectivity index is 1.69. The van der Waals surface area contributed by atoms with Crippen LogP contribution in [0.1, 0.15) is 24.2 Å². The largest absolute Gasteiger partial charge is 0.367 e. The zero-order valence-corrected chi connectivity index (χ0v) is 14.6. The number of piperazine rings is 1. The number of nitrogens with zero attached hydrogens (tertiary/aromatic N) is 3. The zero-order chi connectivity index (χ0) is 17.8. The molecule has 0 radical (unpaired) electrons. The van der Waals surface area contributed by atoms with Gasteiger partial charge < -0.3 is 15.1 Å². The number of carbonyl (C=O) groups excluding carboxylic acids is 1. The van der Waals surface area contributed by atoms with Crippen molar-refractivity contribution in [3.8, 4) is 0 Å². The maximum absolute atomic E-state index is 13.9. The Morgan fingerprint density at radius 1 is 1.12 bits per heavy atom. The van der Waals surface area contributed by atoms with Gasteiger partial charge in [0.15, 0.2) is 0 Å². The molecule has 1 saturated heterocycles. The van der Waals surface area contributed by atoms with Gasteiger partial charge in [-0.25, -0.2) is 9.37 Å². The first kappa shape index (κ1) is 17.2. The number of aromatic nitrogens is 1. The lowest BCUT2D eigenvalue weighted by molar-refractivity contribution is 0.0747. The van der Waals surface area contributed by atoms with Gasteiger partial charge in [-0.2, -0.15) is 0 Å². The summed E-state index contributed by atoms with van der Waals surface area (Å²) in [5.74, 6) is 0.349. The molecule has 0 spiro atoms. The van der Waals surface area contributed by atoms with Crippen LogP contribution in [0.3, 0.4) is 0 Å². The smallest absolute Gasteiger partial charge is 0.257 e. The Morgan fingerprint density at radius 2 is 1.84 bits per heavy atom. The van der Waals surface area contributed by atoms with E-state index in [0.717, 1.165) is 0 Å². The second-order valence-corrected chi connectivity index (χ2v) is 6.43. The van der Waals surface area contributed by atoms with E-state index in [1.165, 1.54) is 6.07 Å². The van der Waals surface area contributed by atoms with Gasteiger partial charge in [0.05, 0.1) is 11.3 Å². The highest BCUT2D eigenvalue weighted by molar-refractivity contribution is 5.98. The average Bonchev–Trinajstić information content (AvgIpc) is 2.62. The van der Waals surface area contributed by atoms with Crippen molar-refractivity contribution in [2.75, 3.05) is 36.4 Å². The van der Waals surface area contributed by atoms with Gasteiger partial charge in [0.2, 0.25) is 0 Å². The Morgan fingerprint density at radius 3 is 2.52 bits per heavy atom. The van der Waals surface area contributed by atoms with Crippen LogP contribution >= 0.6 is 0 Å². The summed E-state index contributed by atoms with van der Waals surface area (Å²) in [6.45, 7) is 6.36. The van der Waals surface area contributed by atoms with E-state index in [0.29, 0.717) is 43.2 Å². The van der Waals surface area contributed by atoms with Crippen molar-refractivity contribution in [1.82, 2.24) is 9.88 Å². The molecule has 0 unspecified atom stereocenters. The summed E-state index contributed by atoms with van der Waals surface area (Å²) in [6, 6.07) is 10.5. The van der Waals surface area contributed by atoms with Crippen LogP contribution in [0, 0.1) is 5.82 Å². The molecular formula is C19H23FN4O. The minimum atomic E-state index is -0.224. The number of benzene rings is 1. The number of nitrogens with one attached hydrogen (secondary N) is 1. The minimum Gasteiger partial charge on any atom is -0.367 e. The van der Waals surface area contributed by atoms with E-state index in [4.69, 9.17) is 0 Å². The normalized spacial score (nSPS) is 14.7. The second kappa shape index (κ2) is 7.51. The van der Waals surface area contributed by atoms with E-state index in [1.807, 2.05) is 24.8 Å². The molecule has 1 aliphatic heterocycles. The topological polar surface area (TPSA) is 48.5 Å². The van der Waals surface area contributed by atoms with Crippen molar-refractivity contribution in [2.45, 2.75) is 19.9 Å². The summed E-state index contributed by atoms with van der Waals surface area (Å²) in [7, 11) is 0. The Hall–Kier alpha value is -2.63. The molecule has 1 aromatic carbocycles. The molecule has 1 aromatic heterocycles. The van der Waals surface area contributed by atoms with E-state index in [2.05, 4.69) is 10.3 Å². The van der Waals surface area contributed by atoms with Crippen molar-refractivity contribution in [1.29, 1.82) is 0 Å². The van der Waals surface area contributed by atoms with Crippen LogP contribution in [0.25, 0.3) is 0 Å². The Kier molecular flexibility index (Phi) is 5.16. The van der Waals surface area contributed by atoms with Crippen LogP contribution in [0.4, 0.5) is 15.9 Å². The zero-order valence-electron chi connectivity index (χ0n) is 14.6. The van der Waals surface area contributed by atoms with Gasteiger partial charge in [-0.05, 0) is 38.1 Å². The third-order valence-corrected chi connectivity index (χ3v) is 4.22. The summed E-state index contributed by atoms with van der Waals surface area (Å²) >= 11 is 0. The SMILES string of the molecule is CC(C)Nc1ncccc1C(=O)N1CCN(c2ccccc2F)CC1. The number of halogens is 1. The molecular weight excluding hydrogens is 319 g/mol. The van der Waals surface area contributed by atoms with Gasteiger partial charge in [-0.15, -0.1) is 0 Å². The van der Waals surface area contributed by atoms with E-state index >= 15 is 0 Å². The number of rotatable bonds is 4. The number of para-hydroxylation sites is 1. The van der Waals surface area contributed by atoms with Crippen molar-refractivity contribution in [2.24, 2.45) is 0 Å². The highest BCUT2D eigenvalue weighted by Gasteiger charge is 2.25. The average molecular weight is 342 g/mol. The molecule has 1 aliphatic rings. The summed E-state index contributed by atoms with van der Waals surface area (Å²) in [5.41, 5.74) is 1.17. The molecule has 1 N–H and O–H groups in total. The van der Waals surface area contributed by atoms with Crippen molar-refractivity contribution < 1.29 is 9.18 Å². The van der Waals surface area contributed by atoms with Crippen molar-refractivity contribution >= 4 is 17.4 Å². The number of amides is 1. The van der Waals surface area contributed by atoms with Crippen LogP contribution in [0.15, 0.2) is 42.6 Å². The molecule has 3 rings (SSSR count). The maximum atomic E-state index is 13.9. The first-order valence-electron chi connectivity index (χ1n) is 8.56. The fourth-order valence-electron chi connectivity index (χ4n) is 3.00. The molecule has 5 nitrogen and oxygen atoms in total. The number of pyridine rings is 1. The highest BCUT2D eigenvalue weighted by Crippen LogP contribution is 2.22. The molecule has 2 heterocycles. The molecule has 0 saturated carbocycles. The summed E-state index contributed by atoms with van der Waals surface area (Å²) in [4.78, 5) is 20.9. The van der Waals surface area contributed by atoms with Gasteiger partial charge in [0.25, 0.3) is 5.91 Å². The fourth-order valence-corrected chi connectivity index (χ4v) is 3.00. The third kappa shape index (κ3) is 3.90. The lowest BCUT2D eigenvalue weighted by atomic mass is 10.1. The lowest BCUT2D eigenvalue weighted by Gasteiger charge is -2.36. The monoisotopic (exact) mass is 342 g/mol. The van der Waals surface area contributed by atoms with Crippen molar-refractivity contribution in [3.05, 3.63) is 54.0 Å². The summed E-state index contributed by atoms with van der Waals surface area (Å²) in [5, 5.41) is 3.22. The number of hydrogen-bond acceptors (Lipinski definition) is 4. The first-order valence-corrected chi connectivity index (χ1v) is 8.56. The molecule has 0 atom stereocenters. The Bertz CT molecular complexity index is 742. The third-order valence-electron chi connectivity index (χ3n) is 4.22. The molecule has 0 bridgehead atoms. The minimum absolute atomic E-state index is 0.0376. The van der Waals surface area contributed by atoms with E-state index in [9.17, 15) is 9.18 Å². The number of hydrogen-bond donors (Lipinski definition) is 1. The standard InChI is InChI=1S/C19H23FN4O/c1-14(2)22-18-15(6-5-9-21-18)19(25)24-12-10-23(11-13-24)17-8-4-3-7-16(17)20/h3-9,14H,10-13H2,1-2H3,(H,21,22). The maximum Gasteiger partial charge on any atom is 0.257 e. The van der Waals surface area contributed by atoms with Crippen LogP contribution in [-0.2, 0) is 0 Å². The molecule has 25 heavy (non-hydrogen) atoms. The Labute approximate surface area is 147 Å². The molecule has 0 aliphatic carbocycles. The summed E-state index contributed by atoms with van der Waals surface area (Å²) < 4.78 is 13.9. The predicted octanol–water partition coefficient (Wildman–Crippen LogP) is 3.00. The molecule has 132 valence electrons.